The van der Waals surface area contributed by atoms with Crippen LogP contribution in [-0.4, -0.2) is 23.6 Å². The van der Waals surface area contributed by atoms with E-state index in [1.54, 1.807) is 19.1 Å². The van der Waals surface area contributed by atoms with Crippen molar-refractivity contribution >= 4 is 28.5 Å². The van der Waals surface area contributed by atoms with E-state index in [0.29, 0.717) is 11.3 Å². The molecule has 1 heterocycles. The number of aryl methyl sites for hydroxylation is 3. The predicted molar refractivity (Wildman–Crippen MR) is 91.5 cm³/mol. The highest BCUT2D eigenvalue weighted by Crippen LogP contribution is 2.32. The van der Waals surface area contributed by atoms with Crippen LogP contribution in [0.1, 0.15) is 27.2 Å². The van der Waals surface area contributed by atoms with Crippen molar-refractivity contribution in [3.05, 3.63) is 58.8 Å². The molecule has 1 amide bonds. The Morgan fingerprint density at radius 2 is 2.00 bits per heavy atom. The summed E-state index contributed by atoms with van der Waals surface area (Å²) >= 11 is 0. The fourth-order valence-electron chi connectivity index (χ4n) is 3.23. The zero-order valence-electron chi connectivity index (χ0n) is 13.7. The monoisotopic (exact) mass is 336 g/mol. The van der Waals surface area contributed by atoms with Crippen LogP contribution in [0.5, 0.6) is 0 Å². The number of nitrogens with one attached hydrogen (secondary N) is 1. The van der Waals surface area contributed by atoms with E-state index in [1.165, 1.54) is 11.1 Å². The first kappa shape index (κ1) is 15.4. The Hall–Kier alpha value is -3.15. The van der Waals surface area contributed by atoms with Crippen LogP contribution in [0.3, 0.4) is 0 Å². The number of carbonyl (C=O) groups excluding carboxylic acids is 2. The van der Waals surface area contributed by atoms with Gasteiger partial charge in [-0.1, -0.05) is 29.4 Å². The van der Waals surface area contributed by atoms with Gasteiger partial charge in [-0.25, -0.2) is 4.79 Å². The van der Waals surface area contributed by atoms with E-state index in [1.807, 2.05) is 18.2 Å². The number of carbonyl (C=O) groups is 2. The van der Waals surface area contributed by atoms with Crippen molar-refractivity contribution in [2.45, 2.75) is 19.8 Å². The molecule has 0 unspecified atom stereocenters. The zero-order chi connectivity index (χ0) is 17.4. The lowest BCUT2D eigenvalue weighted by Crippen LogP contribution is -2.20. The Morgan fingerprint density at radius 1 is 1.20 bits per heavy atom. The molecule has 0 aliphatic heterocycles. The smallest absolute Gasteiger partial charge is 0.339 e. The van der Waals surface area contributed by atoms with Gasteiger partial charge >= 0.3 is 5.97 Å². The van der Waals surface area contributed by atoms with E-state index in [-0.39, 0.29) is 12.5 Å². The highest BCUT2D eigenvalue weighted by atomic mass is 16.5. The van der Waals surface area contributed by atoms with Gasteiger partial charge in [0.1, 0.15) is 0 Å². The number of nitrogens with zero attached hydrogens (tertiary/aromatic N) is 1. The number of esters is 1. The lowest BCUT2D eigenvalue weighted by molar-refractivity contribution is -0.119. The summed E-state index contributed by atoms with van der Waals surface area (Å²) in [5.74, 6) is -0.765. The van der Waals surface area contributed by atoms with Gasteiger partial charge in [0.2, 0.25) is 5.88 Å². The van der Waals surface area contributed by atoms with Crippen LogP contribution in [-0.2, 0) is 22.4 Å². The third-order valence-electron chi connectivity index (χ3n) is 4.32. The van der Waals surface area contributed by atoms with E-state index in [4.69, 9.17) is 9.26 Å². The summed E-state index contributed by atoms with van der Waals surface area (Å²) in [6.07, 6.45) is 1.98. The second-order valence-electron chi connectivity index (χ2n) is 6.07. The summed E-state index contributed by atoms with van der Waals surface area (Å²) in [4.78, 5) is 24.3. The Bertz CT molecular complexity index is 980. The summed E-state index contributed by atoms with van der Waals surface area (Å²) < 4.78 is 10.1. The van der Waals surface area contributed by atoms with Gasteiger partial charge < -0.3 is 9.26 Å². The number of rotatable bonds is 4. The van der Waals surface area contributed by atoms with Crippen LogP contribution in [0.25, 0.3) is 10.8 Å². The molecule has 0 saturated carbocycles. The van der Waals surface area contributed by atoms with Gasteiger partial charge in [-0.2, -0.15) is 0 Å². The molecular formula is C19H16N2O4. The number of benzene rings is 2. The standard InChI is InChI=1S/C19H16N2O4/c1-11-9-17(25-21-11)20-16(22)10-24-19(23)15-8-7-13-6-5-12-3-2-4-14(15)18(12)13/h2-4,7-9H,5-6,10H2,1H3,(H,20,22). The number of ether oxygens (including phenoxy) is 1. The molecule has 2 aromatic carbocycles. The number of hydrogen-bond acceptors (Lipinski definition) is 5. The number of aromatic nitrogens is 1. The molecule has 1 N–H and O–H groups in total. The van der Waals surface area contributed by atoms with Gasteiger partial charge in [-0.15, -0.1) is 0 Å². The molecule has 0 spiro atoms. The van der Waals surface area contributed by atoms with Gasteiger partial charge in [0, 0.05) is 6.07 Å². The lowest BCUT2D eigenvalue weighted by atomic mass is 10.00. The Balaban J connectivity index is 1.49. The van der Waals surface area contributed by atoms with Gasteiger partial charge in [-0.3, -0.25) is 10.1 Å². The number of anilines is 1. The molecule has 0 saturated heterocycles. The minimum absolute atomic E-state index is 0.226. The first-order valence-electron chi connectivity index (χ1n) is 8.05. The molecule has 126 valence electrons. The summed E-state index contributed by atoms with van der Waals surface area (Å²) in [6, 6.07) is 11.3. The van der Waals surface area contributed by atoms with Crippen LogP contribution in [0, 0.1) is 6.92 Å². The molecule has 6 heteroatoms. The molecule has 0 atom stereocenters. The van der Waals surface area contributed by atoms with E-state index in [2.05, 4.69) is 16.5 Å². The van der Waals surface area contributed by atoms with Crippen LogP contribution in [0.4, 0.5) is 5.88 Å². The van der Waals surface area contributed by atoms with Crippen molar-refractivity contribution in [2.75, 3.05) is 11.9 Å². The number of amides is 1. The molecule has 25 heavy (non-hydrogen) atoms. The van der Waals surface area contributed by atoms with E-state index in [0.717, 1.165) is 23.6 Å². The Morgan fingerprint density at radius 3 is 2.76 bits per heavy atom. The SMILES string of the molecule is Cc1cc(NC(=O)COC(=O)c2ccc3c4c(cccc24)CC3)on1. The Kier molecular flexibility index (Phi) is 3.72. The number of hydrogen-bond donors (Lipinski definition) is 1. The quantitative estimate of drug-likeness (QED) is 0.741. The summed E-state index contributed by atoms with van der Waals surface area (Å²) in [6.45, 7) is 1.36. The van der Waals surface area contributed by atoms with Gasteiger partial charge in [-0.05, 0) is 47.7 Å². The Labute approximate surface area is 143 Å². The molecule has 1 aliphatic carbocycles. The molecule has 4 rings (SSSR count). The lowest BCUT2D eigenvalue weighted by Gasteiger charge is -2.09. The van der Waals surface area contributed by atoms with Gasteiger partial charge in [0.05, 0.1) is 11.3 Å². The summed E-state index contributed by atoms with van der Waals surface area (Å²) in [7, 11) is 0. The highest BCUT2D eigenvalue weighted by molar-refractivity contribution is 6.07. The molecule has 0 fully saturated rings. The van der Waals surface area contributed by atoms with Crippen molar-refractivity contribution in [3.63, 3.8) is 0 Å². The molecule has 1 aromatic heterocycles. The average Bonchev–Trinajstić information content (AvgIpc) is 3.21. The second-order valence-corrected chi connectivity index (χ2v) is 6.07. The zero-order valence-corrected chi connectivity index (χ0v) is 13.7. The first-order valence-corrected chi connectivity index (χ1v) is 8.05. The fourth-order valence-corrected chi connectivity index (χ4v) is 3.23. The normalized spacial score (nSPS) is 12.4. The molecular weight excluding hydrogens is 320 g/mol. The fraction of sp³-hybridized carbons (Fsp3) is 0.211. The summed E-state index contributed by atoms with van der Waals surface area (Å²) in [5.41, 5.74) is 3.63. The van der Waals surface area contributed by atoms with Crippen molar-refractivity contribution in [3.8, 4) is 0 Å². The average molecular weight is 336 g/mol. The molecule has 1 aliphatic rings. The largest absolute Gasteiger partial charge is 0.452 e. The molecule has 0 radical (unpaired) electrons. The third kappa shape index (κ3) is 2.87. The van der Waals surface area contributed by atoms with Crippen LogP contribution in [0.15, 0.2) is 40.9 Å². The van der Waals surface area contributed by atoms with Gasteiger partial charge in [0.25, 0.3) is 5.91 Å². The molecule has 6 nitrogen and oxygen atoms in total. The van der Waals surface area contributed by atoms with E-state index in [9.17, 15) is 9.59 Å². The van der Waals surface area contributed by atoms with E-state index < -0.39 is 11.9 Å². The van der Waals surface area contributed by atoms with Crippen molar-refractivity contribution < 1.29 is 18.8 Å². The third-order valence-corrected chi connectivity index (χ3v) is 4.32. The predicted octanol–water partition coefficient (Wildman–Crippen LogP) is 3.03. The minimum Gasteiger partial charge on any atom is -0.452 e. The second kappa shape index (κ2) is 6.05. The molecule has 3 aromatic rings. The maximum Gasteiger partial charge on any atom is 0.339 e. The van der Waals surface area contributed by atoms with E-state index >= 15 is 0 Å². The highest BCUT2D eigenvalue weighted by Gasteiger charge is 2.20. The van der Waals surface area contributed by atoms with Crippen LogP contribution >= 0.6 is 0 Å². The van der Waals surface area contributed by atoms with Crippen molar-refractivity contribution in [2.24, 2.45) is 0 Å². The summed E-state index contributed by atoms with van der Waals surface area (Å²) in [5, 5.41) is 8.18. The minimum atomic E-state index is -0.514. The van der Waals surface area contributed by atoms with Crippen LogP contribution in [0.2, 0.25) is 0 Å². The molecule has 0 bridgehead atoms. The maximum atomic E-state index is 12.4. The topological polar surface area (TPSA) is 81.4 Å². The van der Waals surface area contributed by atoms with Crippen LogP contribution < -0.4 is 5.32 Å². The first-order chi connectivity index (χ1) is 12.1. The van der Waals surface area contributed by atoms with Gasteiger partial charge in [0.15, 0.2) is 6.61 Å². The maximum absolute atomic E-state index is 12.4. The van der Waals surface area contributed by atoms with Crippen molar-refractivity contribution in [1.82, 2.24) is 5.16 Å². The van der Waals surface area contributed by atoms with Crippen molar-refractivity contribution in [1.29, 1.82) is 0 Å².